The Labute approximate surface area is 141 Å². The lowest BCUT2D eigenvalue weighted by atomic mass is 10.1. The quantitative estimate of drug-likeness (QED) is 0.756. The summed E-state index contributed by atoms with van der Waals surface area (Å²) in [6.45, 7) is 0.860. The van der Waals surface area contributed by atoms with Gasteiger partial charge in [-0.05, 0) is 37.0 Å². The minimum atomic E-state index is -0.420. The van der Waals surface area contributed by atoms with E-state index >= 15 is 0 Å². The molecule has 0 radical (unpaired) electrons. The fourth-order valence-electron chi connectivity index (χ4n) is 1.82. The minimum Gasteiger partial charge on any atom is -0.412 e. The Balaban J connectivity index is 0.000000403. The first-order chi connectivity index (χ1) is 10.7. The zero-order valence-electron chi connectivity index (χ0n) is 13.4. The lowest BCUT2D eigenvalue weighted by Crippen LogP contribution is -2.11. The van der Waals surface area contributed by atoms with Crippen molar-refractivity contribution in [3.63, 3.8) is 0 Å². The molecule has 0 saturated heterocycles. The Hall–Kier alpha value is -1.57. The molecule has 5 nitrogen and oxygen atoms in total. The zero-order chi connectivity index (χ0) is 16.2. The molecule has 2 aromatic rings. The molecule has 2 atom stereocenters. The van der Waals surface area contributed by atoms with Gasteiger partial charge in [0.1, 0.15) is 6.10 Å². The molecule has 0 aliphatic heterocycles. The molecule has 23 heavy (non-hydrogen) atoms. The molecule has 6 heteroatoms. The molecule has 0 saturated carbocycles. The molecule has 0 fully saturated rings. The highest BCUT2D eigenvalue weighted by molar-refractivity contribution is 7.10. The zero-order valence-corrected chi connectivity index (χ0v) is 14.3. The van der Waals surface area contributed by atoms with Gasteiger partial charge in [0.05, 0.1) is 6.10 Å². The Morgan fingerprint density at radius 2 is 1.96 bits per heavy atom. The first-order valence-corrected chi connectivity index (χ1v) is 8.00. The molecule has 4 N–H and O–H groups in total. The van der Waals surface area contributed by atoms with Gasteiger partial charge >= 0.3 is 0 Å². The summed E-state index contributed by atoms with van der Waals surface area (Å²) in [6, 6.07) is 13.3. The van der Waals surface area contributed by atoms with Crippen molar-refractivity contribution in [2.75, 3.05) is 20.7 Å². The van der Waals surface area contributed by atoms with Crippen molar-refractivity contribution in [3.05, 3.63) is 58.3 Å². The minimum absolute atomic E-state index is 0. The summed E-state index contributed by atoms with van der Waals surface area (Å²) in [5.74, 6) is 0. The van der Waals surface area contributed by atoms with E-state index in [1.165, 1.54) is 7.11 Å². The normalized spacial score (nSPS) is 12.3. The molecule has 1 heterocycles. The number of hydrogen-bond acceptors (Lipinski definition) is 5. The SMILES string of the molecule is CNCC[C@H](O)c1cccs1.CO[C@@H](C=O)c1ccccc1.O. The number of ether oxygens (including phenoxy) is 1. The van der Waals surface area contributed by atoms with Crippen molar-refractivity contribution in [2.45, 2.75) is 18.6 Å². The second-order valence-electron chi connectivity index (χ2n) is 4.63. The van der Waals surface area contributed by atoms with Gasteiger partial charge in [0.2, 0.25) is 0 Å². The number of hydrogen-bond donors (Lipinski definition) is 2. The van der Waals surface area contributed by atoms with Gasteiger partial charge in [0, 0.05) is 12.0 Å². The smallest absolute Gasteiger partial charge is 0.153 e. The van der Waals surface area contributed by atoms with Gasteiger partial charge in [-0.15, -0.1) is 11.3 Å². The Kier molecular flexibility index (Phi) is 12.0. The van der Waals surface area contributed by atoms with Crippen molar-refractivity contribution in [1.29, 1.82) is 0 Å². The third kappa shape index (κ3) is 8.01. The van der Waals surface area contributed by atoms with Crippen LogP contribution in [-0.2, 0) is 9.53 Å². The predicted molar refractivity (Wildman–Crippen MR) is 93.7 cm³/mol. The monoisotopic (exact) mass is 339 g/mol. The second-order valence-corrected chi connectivity index (χ2v) is 5.61. The number of aliphatic hydroxyl groups is 1. The van der Waals surface area contributed by atoms with Crippen LogP contribution in [0.2, 0.25) is 0 Å². The van der Waals surface area contributed by atoms with Crippen molar-refractivity contribution in [2.24, 2.45) is 0 Å². The molecule has 0 unspecified atom stereocenters. The van der Waals surface area contributed by atoms with E-state index in [0.717, 1.165) is 29.7 Å². The van der Waals surface area contributed by atoms with E-state index in [9.17, 15) is 9.90 Å². The topological polar surface area (TPSA) is 90.1 Å². The van der Waals surface area contributed by atoms with Gasteiger partial charge in [0.25, 0.3) is 0 Å². The summed E-state index contributed by atoms with van der Waals surface area (Å²) in [5.41, 5.74) is 0.894. The van der Waals surface area contributed by atoms with E-state index in [4.69, 9.17) is 4.74 Å². The number of nitrogens with one attached hydrogen (secondary N) is 1. The third-order valence-electron chi connectivity index (χ3n) is 3.05. The maximum atomic E-state index is 10.4. The number of carbonyl (C=O) groups excluding carboxylic acids is 1. The largest absolute Gasteiger partial charge is 0.412 e. The van der Waals surface area contributed by atoms with Crippen LogP contribution in [0.3, 0.4) is 0 Å². The summed E-state index contributed by atoms with van der Waals surface area (Å²) < 4.78 is 4.92. The number of carbonyl (C=O) groups is 1. The fourth-order valence-corrected chi connectivity index (χ4v) is 2.56. The van der Waals surface area contributed by atoms with Crippen molar-refractivity contribution in [1.82, 2.24) is 5.32 Å². The van der Waals surface area contributed by atoms with E-state index in [0.29, 0.717) is 0 Å². The van der Waals surface area contributed by atoms with E-state index < -0.39 is 6.10 Å². The van der Waals surface area contributed by atoms with Gasteiger partial charge in [-0.2, -0.15) is 0 Å². The van der Waals surface area contributed by atoms with Gasteiger partial charge < -0.3 is 25.4 Å². The van der Waals surface area contributed by atoms with Crippen LogP contribution >= 0.6 is 11.3 Å². The van der Waals surface area contributed by atoms with E-state index in [1.807, 2.05) is 54.9 Å². The average molecular weight is 339 g/mol. The number of rotatable bonds is 7. The maximum absolute atomic E-state index is 10.4. The van der Waals surface area contributed by atoms with Crippen LogP contribution in [0.25, 0.3) is 0 Å². The molecule has 128 valence electrons. The molecule has 1 aromatic carbocycles. The van der Waals surface area contributed by atoms with Gasteiger partial charge in [-0.3, -0.25) is 0 Å². The van der Waals surface area contributed by atoms with Crippen LogP contribution in [0.5, 0.6) is 0 Å². The van der Waals surface area contributed by atoms with Gasteiger partial charge in [-0.25, -0.2) is 0 Å². The highest BCUT2D eigenvalue weighted by Gasteiger charge is 2.06. The molecule has 0 bridgehead atoms. The van der Waals surface area contributed by atoms with Gasteiger partial charge in [-0.1, -0.05) is 36.4 Å². The van der Waals surface area contributed by atoms with E-state index in [-0.39, 0.29) is 11.6 Å². The highest BCUT2D eigenvalue weighted by Crippen LogP contribution is 2.20. The van der Waals surface area contributed by atoms with E-state index in [1.54, 1.807) is 11.3 Å². The van der Waals surface area contributed by atoms with Crippen molar-refractivity contribution < 1.29 is 20.1 Å². The van der Waals surface area contributed by atoms with Crippen LogP contribution in [0.1, 0.15) is 29.1 Å². The molecular weight excluding hydrogens is 314 g/mol. The lowest BCUT2D eigenvalue weighted by Gasteiger charge is -2.06. The molecule has 0 amide bonds. The molecule has 0 spiro atoms. The van der Waals surface area contributed by atoms with Crippen LogP contribution in [-0.4, -0.2) is 37.6 Å². The number of benzene rings is 1. The molecule has 0 aliphatic carbocycles. The van der Waals surface area contributed by atoms with Crippen LogP contribution in [0, 0.1) is 0 Å². The summed E-state index contributed by atoms with van der Waals surface area (Å²) >= 11 is 1.60. The number of methoxy groups -OCH3 is 1. The molecule has 2 rings (SSSR count). The van der Waals surface area contributed by atoms with Crippen LogP contribution < -0.4 is 5.32 Å². The number of aliphatic hydroxyl groups excluding tert-OH is 1. The first-order valence-electron chi connectivity index (χ1n) is 7.12. The predicted octanol–water partition coefficient (Wildman–Crippen LogP) is 2.14. The molecule has 0 aliphatic rings. The highest BCUT2D eigenvalue weighted by atomic mass is 32.1. The first kappa shape index (κ1) is 21.4. The number of thiophene rings is 1. The average Bonchev–Trinajstić information content (AvgIpc) is 3.10. The Morgan fingerprint density at radius 1 is 1.26 bits per heavy atom. The summed E-state index contributed by atoms with van der Waals surface area (Å²) in [4.78, 5) is 11.5. The van der Waals surface area contributed by atoms with Crippen molar-refractivity contribution in [3.8, 4) is 0 Å². The standard InChI is InChI=1S/C9H10O2.C8H13NOS.H2O/c1-11-9(7-10)8-5-3-2-4-6-8;1-9-5-4-7(10)8-3-2-6-11-8;/h2-7,9H,1H3;2-3,6-7,9-10H,4-5H2,1H3;1H2/t9-;7-;/m00./s1. The maximum Gasteiger partial charge on any atom is 0.153 e. The Bertz CT molecular complexity index is 505. The van der Waals surface area contributed by atoms with Crippen LogP contribution in [0.15, 0.2) is 47.8 Å². The van der Waals surface area contributed by atoms with E-state index in [2.05, 4.69) is 5.32 Å². The fraction of sp³-hybridized carbons (Fsp3) is 0.353. The second kappa shape index (κ2) is 12.9. The summed E-state index contributed by atoms with van der Waals surface area (Å²) in [7, 11) is 3.41. The van der Waals surface area contributed by atoms with Crippen molar-refractivity contribution >= 4 is 17.6 Å². The third-order valence-corrected chi connectivity index (χ3v) is 4.02. The number of aldehydes is 1. The molecular formula is C17H25NO4S. The lowest BCUT2D eigenvalue weighted by molar-refractivity contribution is -0.116. The summed E-state index contributed by atoms with van der Waals surface area (Å²) in [5, 5.41) is 14.5. The Morgan fingerprint density at radius 3 is 2.43 bits per heavy atom. The van der Waals surface area contributed by atoms with Gasteiger partial charge in [0.15, 0.2) is 6.29 Å². The van der Waals surface area contributed by atoms with Crippen LogP contribution in [0.4, 0.5) is 0 Å². The molecule has 1 aromatic heterocycles. The summed E-state index contributed by atoms with van der Waals surface area (Å²) in [6.07, 6.45) is 0.866.